The number of nitrogens with one attached hydrogen (secondary N) is 1. The number of aliphatic hydroxyl groups excluding tert-OH is 1. The second-order valence-corrected chi connectivity index (χ2v) is 4.52. The van der Waals surface area contributed by atoms with E-state index in [1.165, 1.54) is 18.7 Å². The van der Waals surface area contributed by atoms with Gasteiger partial charge in [-0.05, 0) is 6.92 Å². The molecule has 3 N–H and O–H groups in total. The molecule has 1 amide bonds. The Balaban J connectivity index is 3.81. The van der Waals surface area contributed by atoms with Crippen molar-refractivity contribution in [3.63, 3.8) is 0 Å². The lowest BCUT2D eigenvalue weighted by atomic mass is 10.3. The predicted molar refractivity (Wildman–Crippen MR) is 65.1 cm³/mol. The van der Waals surface area contributed by atoms with Crippen LogP contribution in [0.25, 0.3) is 0 Å². The molecule has 100 valence electrons. The van der Waals surface area contributed by atoms with Gasteiger partial charge in [-0.2, -0.15) is 11.8 Å². The van der Waals surface area contributed by atoms with Crippen molar-refractivity contribution in [3.05, 3.63) is 0 Å². The van der Waals surface area contributed by atoms with E-state index >= 15 is 0 Å². The molecule has 0 radical (unpaired) electrons. The van der Waals surface area contributed by atoms with E-state index in [2.05, 4.69) is 5.32 Å². The van der Waals surface area contributed by atoms with Crippen LogP contribution >= 0.6 is 11.8 Å². The van der Waals surface area contributed by atoms with Crippen LogP contribution in [0.1, 0.15) is 13.8 Å². The summed E-state index contributed by atoms with van der Waals surface area (Å²) in [5.74, 6) is -0.860. The summed E-state index contributed by atoms with van der Waals surface area (Å²) in [4.78, 5) is 21.5. The van der Waals surface area contributed by atoms with E-state index in [1.54, 1.807) is 0 Å². The number of aliphatic hydroxyl groups is 1. The van der Waals surface area contributed by atoms with E-state index in [0.717, 1.165) is 0 Å². The highest BCUT2D eigenvalue weighted by atomic mass is 32.2. The maximum absolute atomic E-state index is 10.8. The number of hydrogen-bond acceptors (Lipinski definition) is 5. The molecule has 0 aromatic carbocycles. The molecule has 0 aromatic heterocycles. The van der Waals surface area contributed by atoms with E-state index in [0.29, 0.717) is 12.4 Å². The Hall–Kier alpha value is -0.790. The van der Waals surface area contributed by atoms with Gasteiger partial charge < -0.3 is 20.3 Å². The molecule has 0 aliphatic rings. The molecule has 0 bridgehead atoms. The Kier molecular flexibility index (Phi) is 8.83. The Bertz CT molecular complexity index is 249. The summed E-state index contributed by atoms with van der Waals surface area (Å²) < 4.78 is 5.02. The summed E-state index contributed by atoms with van der Waals surface area (Å²) in [6, 6.07) is -0.920. The Morgan fingerprint density at radius 3 is 2.53 bits per heavy atom. The first-order valence-electron chi connectivity index (χ1n) is 5.30. The van der Waals surface area contributed by atoms with Gasteiger partial charge in [0.15, 0.2) is 0 Å². The molecule has 0 fully saturated rings. The number of hydrogen-bond donors (Lipinski definition) is 3. The molecule has 0 saturated heterocycles. The lowest BCUT2D eigenvalue weighted by Gasteiger charge is -2.14. The number of carbonyl (C=O) groups excluding carboxylic acids is 1. The standard InChI is InChI=1S/C10H19NO5S/c1-3-16-4-8(13)5-17-6-9(10(14)15)11-7(2)12/h8-9,13H,3-6H2,1-2H3,(H,11,12)(H,14,15)/t8?,9-/m0/s1. The highest BCUT2D eigenvalue weighted by Crippen LogP contribution is 2.06. The Morgan fingerprint density at radius 1 is 1.41 bits per heavy atom. The Morgan fingerprint density at radius 2 is 2.06 bits per heavy atom. The van der Waals surface area contributed by atoms with Crippen molar-refractivity contribution in [1.29, 1.82) is 0 Å². The van der Waals surface area contributed by atoms with Gasteiger partial charge in [-0.3, -0.25) is 4.79 Å². The third kappa shape index (κ3) is 8.96. The number of rotatable bonds is 9. The van der Waals surface area contributed by atoms with Crippen molar-refractivity contribution < 1.29 is 24.5 Å². The van der Waals surface area contributed by atoms with Crippen LogP contribution in [0.2, 0.25) is 0 Å². The maximum Gasteiger partial charge on any atom is 0.327 e. The van der Waals surface area contributed by atoms with Crippen LogP contribution in [0.15, 0.2) is 0 Å². The van der Waals surface area contributed by atoms with Gasteiger partial charge in [0.1, 0.15) is 6.04 Å². The zero-order valence-corrected chi connectivity index (χ0v) is 10.8. The maximum atomic E-state index is 10.8. The summed E-state index contributed by atoms with van der Waals surface area (Å²) in [5.41, 5.74) is 0. The predicted octanol–water partition coefficient (Wildman–Crippen LogP) is -0.294. The van der Waals surface area contributed by atoms with Crippen LogP contribution < -0.4 is 5.32 Å². The fraction of sp³-hybridized carbons (Fsp3) is 0.800. The van der Waals surface area contributed by atoms with Gasteiger partial charge in [-0.1, -0.05) is 0 Å². The molecule has 0 spiro atoms. The molecule has 0 aliphatic heterocycles. The number of carboxylic acids is 1. The van der Waals surface area contributed by atoms with Crippen molar-refractivity contribution in [1.82, 2.24) is 5.32 Å². The molecule has 17 heavy (non-hydrogen) atoms. The zero-order valence-electron chi connectivity index (χ0n) is 10.0. The summed E-state index contributed by atoms with van der Waals surface area (Å²) in [7, 11) is 0. The minimum atomic E-state index is -1.08. The molecule has 7 heteroatoms. The Labute approximate surface area is 105 Å². The summed E-state index contributed by atoms with van der Waals surface area (Å²) >= 11 is 1.26. The van der Waals surface area contributed by atoms with E-state index in [1.807, 2.05) is 6.92 Å². The second kappa shape index (κ2) is 9.26. The first-order chi connectivity index (χ1) is 7.97. The van der Waals surface area contributed by atoms with Gasteiger partial charge in [-0.25, -0.2) is 4.79 Å². The molecule has 1 unspecified atom stereocenters. The zero-order chi connectivity index (χ0) is 13.3. The fourth-order valence-corrected chi connectivity index (χ4v) is 2.01. The average Bonchev–Trinajstić information content (AvgIpc) is 2.24. The van der Waals surface area contributed by atoms with E-state index in [-0.39, 0.29) is 18.3 Å². The number of carboxylic acid groups (broad SMARTS) is 1. The van der Waals surface area contributed by atoms with Gasteiger partial charge in [0, 0.05) is 25.0 Å². The summed E-state index contributed by atoms with van der Waals surface area (Å²) in [6.45, 7) is 3.87. The van der Waals surface area contributed by atoms with Gasteiger partial charge in [0.05, 0.1) is 12.7 Å². The highest BCUT2D eigenvalue weighted by molar-refractivity contribution is 7.99. The van der Waals surface area contributed by atoms with Gasteiger partial charge in [-0.15, -0.1) is 0 Å². The van der Waals surface area contributed by atoms with Crippen LogP contribution in [0.5, 0.6) is 0 Å². The molecule has 0 rings (SSSR count). The minimum Gasteiger partial charge on any atom is -0.480 e. The molecule has 6 nitrogen and oxygen atoms in total. The van der Waals surface area contributed by atoms with Crippen LogP contribution in [-0.4, -0.2) is 59.0 Å². The van der Waals surface area contributed by atoms with E-state index in [9.17, 15) is 14.7 Å². The van der Waals surface area contributed by atoms with Crippen LogP contribution in [0.3, 0.4) is 0 Å². The van der Waals surface area contributed by atoms with Gasteiger partial charge >= 0.3 is 5.97 Å². The largest absolute Gasteiger partial charge is 0.480 e. The normalized spacial score (nSPS) is 14.1. The van der Waals surface area contributed by atoms with Crippen LogP contribution in [-0.2, 0) is 14.3 Å². The van der Waals surface area contributed by atoms with Crippen LogP contribution in [0.4, 0.5) is 0 Å². The third-order valence-electron chi connectivity index (χ3n) is 1.78. The molecule has 0 saturated carbocycles. The number of carbonyl (C=O) groups is 2. The first kappa shape index (κ1) is 16.2. The summed E-state index contributed by atoms with van der Waals surface area (Å²) in [6.07, 6.45) is -0.619. The molecule has 0 aliphatic carbocycles. The van der Waals surface area contributed by atoms with E-state index in [4.69, 9.17) is 9.84 Å². The smallest absolute Gasteiger partial charge is 0.327 e. The highest BCUT2D eigenvalue weighted by Gasteiger charge is 2.18. The monoisotopic (exact) mass is 265 g/mol. The molecule has 0 aromatic rings. The number of ether oxygens (including phenoxy) is 1. The average molecular weight is 265 g/mol. The van der Waals surface area contributed by atoms with Crippen molar-refractivity contribution in [2.45, 2.75) is 26.0 Å². The summed E-state index contributed by atoms with van der Waals surface area (Å²) in [5, 5.41) is 20.6. The van der Waals surface area contributed by atoms with Crippen molar-refractivity contribution >= 4 is 23.6 Å². The quantitative estimate of drug-likeness (QED) is 0.530. The topological polar surface area (TPSA) is 95.9 Å². The van der Waals surface area contributed by atoms with Crippen LogP contribution in [0, 0.1) is 0 Å². The molecular formula is C10H19NO5S. The lowest BCUT2D eigenvalue weighted by molar-refractivity contribution is -0.140. The fourth-order valence-electron chi connectivity index (χ4n) is 1.04. The van der Waals surface area contributed by atoms with E-state index < -0.39 is 18.1 Å². The lowest BCUT2D eigenvalue weighted by Crippen LogP contribution is -2.41. The first-order valence-corrected chi connectivity index (χ1v) is 6.46. The van der Waals surface area contributed by atoms with Crippen molar-refractivity contribution in [2.24, 2.45) is 0 Å². The molecule has 2 atom stereocenters. The number of aliphatic carboxylic acids is 1. The molecular weight excluding hydrogens is 246 g/mol. The molecule has 0 heterocycles. The number of amides is 1. The number of thioether (sulfide) groups is 1. The third-order valence-corrected chi connectivity index (χ3v) is 2.97. The van der Waals surface area contributed by atoms with Gasteiger partial charge in [0.2, 0.25) is 5.91 Å². The van der Waals surface area contributed by atoms with Crippen molar-refractivity contribution in [2.75, 3.05) is 24.7 Å². The second-order valence-electron chi connectivity index (χ2n) is 3.44. The van der Waals surface area contributed by atoms with Crippen molar-refractivity contribution in [3.8, 4) is 0 Å². The SMILES string of the molecule is CCOCC(O)CSC[C@H](NC(C)=O)C(=O)O. The van der Waals surface area contributed by atoms with Gasteiger partial charge in [0.25, 0.3) is 0 Å². The minimum absolute atomic E-state index is 0.220.